The molecule has 5 rings (SSSR count). The lowest BCUT2D eigenvalue weighted by atomic mass is 10.1. The number of aromatic nitrogens is 4. The van der Waals surface area contributed by atoms with E-state index in [4.69, 9.17) is 32.4 Å². The van der Waals surface area contributed by atoms with Gasteiger partial charge in [0.05, 0.1) is 29.4 Å². The van der Waals surface area contributed by atoms with Gasteiger partial charge in [0.25, 0.3) is 5.89 Å². The highest BCUT2D eigenvalue weighted by molar-refractivity contribution is 6.32. The quantitative estimate of drug-likeness (QED) is 0.212. The molecule has 0 N–H and O–H groups in total. The predicted octanol–water partition coefficient (Wildman–Crippen LogP) is 7.30. The molecule has 0 saturated carbocycles. The van der Waals surface area contributed by atoms with Gasteiger partial charge in [0.15, 0.2) is 11.6 Å². The van der Waals surface area contributed by atoms with Gasteiger partial charge in [-0.25, -0.2) is 9.37 Å². The summed E-state index contributed by atoms with van der Waals surface area (Å²) in [5.74, 6) is -0.0387. The largest absolute Gasteiger partial charge is 0.453 e. The van der Waals surface area contributed by atoms with Crippen LogP contribution in [0.4, 0.5) is 4.39 Å². The van der Waals surface area contributed by atoms with Gasteiger partial charge >= 0.3 is 0 Å². The van der Waals surface area contributed by atoms with E-state index < -0.39 is 5.82 Å². The number of aryl methyl sites for hydroxylation is 1. The maximum Gasteiger partial charge on any atom is 0.268 e. The Kier molecular flexibility index (Phi) is 7.14. The monoisotopic (exact) mass is 547 g/mol. The van der Waals surface area contributed by atoms with Gasteiger partial charge in [-0.05, 0) is 61.4 Å². The first kappa shape index (κ1) is 25.5. The minimum absolute atomic E-state index is 0.0220. The highest BCUT2D eigenvalue weighted by Crippen LogP contribution is 2.35. The number of benzene rings is 3. The predicted molar refractivity (Wildman–Crippen MR) is 141 cm³/mol. The summed E-state index contributed by atoms with van der Waals surface area (Å²) in [6, 6.07) is 17.6. The van der Waals surface area contributed by atoms with Crippen LogP contribution in [0.1, 0.15) is 33.8 Å². The number of hydrogen-bond acceptors (Lipinski definition) is 6. The molecule has 0 radical (unpaired) electrons. The Bertz CT molecular complexity index is 1670. The third-order valence-corrected chi connectivity index (χ3v) is 6.46. The van der Waals surface area contributed by atoms with Crippen LogP contribution in [0, 0.1) is 31.0 Å². The molecule has 3 aromatic carbocycles. The first-order chi connectivity index (χ1) is 18.3. The van der Waals surface area contributed by atoms with Gasteiger partial charge < -0.3 is 13.7 Å². The minimum atomic E-state index is -0.652. The first-order valence-electron chi connectivity index (χ1n) is 11.6. The molecule has 0 saturated heterocycles. The number of rotatable bonds is 7. The second kappa shape index (κ2) is 10.7. The van der Waals surface area contributed by atoms with Crippen molar-refractivity contribution >= 4 is 23.2 Å². The third kappa shape index (κ3) is 5.40. The molecule has 0 spiro atoms. The summed E-state index contributed by atoms with van der Waals surface area (Å²) in [4.78, 5) is 4.44. The van der Waals surface area contributed by atoms with Crippen LogP contribution in [-0.4, -0.2) is 19.7 Å². The number of hydrogen-bond donors (Lipinski definition) is 0. The van der Waals surface area contributed by atoms with Gasteiger partial charge in [-0.15, -0.1) is 10.2 Å². The second-order valence-electron chi connectivity index (χ2n) is 8.71. The second-order valence-corrected chi connectivity index (χ2v) is 9.55. The van der Waals surface area contributed by atoms with Gasteiger partial charge in [-0.3, -0.25) is 0 Å². The number of nitriles is 1. The average Bonchev–Trinajstić information content (AvgIpc) is 3.50. The molecule has 190 valence electrons. The fraction of sp³-hybridized carbons (Fsp3) is 0.143. The summed E-state index contributed by atoms with van der Waals surface area (Å²) in [6.07, 6.45) is 1.73. The van der Waals surface area contributed by atoms with E-state index in [0.717, 1.165) is 16.8 Å². The maximum absolute atomic E-state index is 15.4. The van der Waals surface area contributed by atoms with Crippen molar-refractivity contribution in [3.05, 3.63) is 111 Å². The van der Waals surface area contributed by atoms with E-state index in [1.54, 1.807) is 18.5 Å². The van der Waals surface area contributed by atoms with E-state index >= 15 is 4.39 Å². The number of ether oxygens (including phenoxy) is 1. The fourth-order valence-corrected chi connectivity index (χ4v) is 4.29. The fourth-order valence-electron chi connectivity index (χ4n) is 3.98. The highest BCUT2D eigenvalue weighted by Gasteiger charge is 2.20. The van der Waals surface area contributed by atoms with E-state index in [1.807, 2.05) is 42.7 Å². The number of imidazole rings is 1. The Hall–Kier alpha value is -4.19. The van der Waals surface area contributed by atoms with E-state index in [1.165, 1.54) is 18.2 Å². The number of nitrogens with zero attached hydrogens (tertiary/aromatic N) is 5. The Balaban J connectivity index is 1.36. The van der Waals surface area contributed by atoms with Crippen LogP contribution < -0.4 is 4.74 Å². The molecule has 0 fully saturated rings. The van der Waals surface area contributed by atoms with Crippen LogP contribution in [0.2, 0.25) is 10.0 Å². The molecular weight excluding hydrogens is 528 g/mol. The van der Waals surface area contributed by atoms with E-state index in [9.17, 15) is 5.26 Å². The van der Waals surface area contributed by atoms with Crippen molar-refractivity contribution in [2.24, 2.45) is 0 Å². The van der Waals surface area contributed by atoms with Crippen molar-refractivity contribution in [1.29, 1.82) is 5.26 Å². The summed E-state index contributed by atoms with van der Waals surface area (Å²) in [7, 11) is 0. The molecule has 38 heavy (non-hydrogen) atoms. The Morgan fingerprint density at radius 2 is 1.84 bits per heavy atom. The summed E-state index contributed by atoms with van der Waals surface area (Å²) in [6.45, 7) is 4.33. The minimum Gasteiger partial charge on any atom is -0.453 e. The van der Waals surface area contributed by atoms with Gasteiger partial charge in [-0.2, -0.15) is 5.26 Å². The smallest absolute Gasteiger partial charge is 0.268 e. The Morgan fingerprint density at radius 3 is 2.61 bits per heavy atom. The van der Waals surface area contributed by atoms with Crippen molar-refractivity contribution in [2.45, 2.75) is 26.8 Å². The molecule has 7 nitrogen and oxygen atoms in total. The third-order valence-electron chi connectivity index (χ3n) is 5.91. The van der Waals surface area contributed by atoms with Gasteiger partial charge in [0.2, 0.25) is 5.89 Å². The van der Waals surface area contributed by atoms with Crippen LogP contribution in [0.25, 0.3) is 11.6 Å². The normalized spacial score (nSPS) is 10.9. The van der Waals surface area contributed by atoms with Crippen molar-refractivity contribution in [3.8, 4) is 29.2 Å². The molecule has 0 aliphatic carbocycles. The van der Waals surface area contributed by atoms with Crippen LogP contribution >= 0.6 is 23.2 Å². The molecular formula is C28H20Cl2FN5O2. The molecule has 0 bridgehead atoms. The standard InChI is InChI=1S/C28H20Cl2FN5O2/c1-16-9-19(13-32)11-22(10-16)37-27-23(30)8-5-20(25(27)31)12-24-34-35-28(38-24)26-17(2)36(15-33-26)14-18-3-6-21(29)7-4-18/h3-11,15H,12,14H2,1-2H3. The first-order valence-corrected chi connectivity index (χ1v) is 12.3. The molecule has 0 unspecified atom stereocenters. The molecule has 5 aromatic rings. The van der Waals surface area contributed by atoms with Crippen LogP contribution in [0.15, 0.2) is 65.3 Å². The SMILES string of the molecule is Cc1cc(C#N)cc(Oc2c(Cl)ccc(Cc3nnc(-c4ncn(Cc5ccc(Cl)cc5)c4C)o3)c2F)c1. The van der Waals surface area contributed by atoms with Crippen molar-refractivity contribution in [2.75, 3.05) is 0 Å². The van der Waals surface area contributed by atoms with E-state index in [0.29, 0.717) is 28.6 Å². The van der Waals surface area contributed by atoms with Crippen molar-refractivity contribution in [1.82, 2.24) is 19.7 Å². The van der Waals surface area contributed by atoms with Crippen molar-refractivity contribution < 1.29 is 13.5 Å². The summed E-state index contributed by atoms with van der Waals surface area (Å²) < 4.78 is 29.0. The van der Waals surface area contributed by atoms with E-state index in [2.05, 4.69) is 21.3 Å². The zero-order valence-electron chi connectivity index (χ0n) is 20.4. The van der Waals surface area contributed by atoms with Crippen LogP contribution in [0.5, 0.6) is 11.5 Å². The molecule has 0 atom stereocenters. The Labute approximate surface area is 228 Å². The lowest BCUT2D eigenvalue weighted by Crippen LogP contribution is -2.00. The summed E-state index contributed by atoms with van der Waals surface area (Å²) in [5.41, 5.74) is 3.92. The highest BCUT2D eigenvalue weighted by atomic mass is 35.5. The average molecular weight is 548 g/mol. The van der Waals surface area contributed by atoms with Gasteiger partial charge in [0, 0.05) is 22.8 Å². The lowest BCUT2D eigenvalue weighted by Gasteiger charge is -2.12. The maximum atomic E-state index is 15.4. The molecule has 0 aliphatic heterocycles. The van der Waals surface area contributed by atoms with E-state index in [-0.39, 0.29) is 34.5 Å². The summed E-state index contributed by atoms with van der Waals surface area (Å²) >= 11 is 12.2. The number of halogens is 3. The van der Waals surface area contributed by atoms with Crippen molar-refractivity contribution in [3.63, 3.8) is 0 Å². The zero-order valence-corrected chi connectivity index (χ0v) is 21.9. The van der Waals surface area contributed by atoms with Crippen LogP contribution in [-0.2, 0) is 13.0 Å². The zero-order chi connectivity index (χ0) is 26.8. The summed E-state index contributed by atoms with van der Waals surface area (Å²) in [5, 5.41) is 18.2. The van der Waals surface area contributed by atoms with Crippen LogP contribution in [0.3, 0.4) is 0 Å². The molecule has 2 aromatic heterocycles. The lowest BCUT2D eigenvalue weighted by molar-refractivity contribution is 0.436. The molecule has 10 heteroatoms. The van der Waals surface area contributed by atoms with Gasteiger partial charge in [0.1, 0.15) is 11.4 Å². The Morgan fingerprint density at radius 1 is 1.05 bits per heavy atom. The topological polar surface area (TPSA) is 89.8 Å². The molecule has 0 aliphatic rings. The molecule has 2 heterocycles. The molecule has 0 amide bonds. The van der Waals surface area contributed by atoms with Gasteiger partial charge in [-0.1, -0.05) is 41.4 Å².